The Labute approximate surface area is 157 Å². The predicted octanol–water partition coefficient (Wildman–Crippen LogP) is 3.74. The molecule has 0 saturated carbocycles. The first kappa shape index (κ1) is 18.4. The van der Waals surface area contributed by atoms with Gasteiger partial charge in [0.2, 0.25) is 0 Å². The number of ether oxygens (including phenoxy) is 2. The van der Waals surface area contributed by atoms with Gasteiger partial charge in [0, 0.05) is 6.92 Å². The summed E-state index contributed by atoms with van der Waals surface area (Å²) in [6, 6.07) is 12.7. The lowest BCUT2D eigenvalue weighted by molar-refractivity contribution is -0.132. The molecule has 0 saturated heterocycles. The van der Waals surface area contributed by atoms with Crippen LogP contribution in [0, 0.1) is 6.92 Å². The normalized spacial score (nSPS) is 15.1. The smallest absolute Gasteiger partial charge is 0.308 e. The zero-order valence-corrected chi connectivity index (χ0v) is 15.6. The number of esters is 1. The van der Waals surface area contributed by atoms with Gasteiger partial charge in [0.05, 0.1) is 24.1 Å². The summed E-state index contributed by atoms with van der Waals surface area (Å²) in [5.41, 5.74) is 3.62. The van der Waals surface area contributed by atoms with E-state index in [2.05, 4.69) is 5.10 Å². The van der Waals surface area contributed by atoms with Gasteiger partial charge in [0.15, 0.2) is 11.5 Å². The van der Waals surface area contributed by atoms with Gasteiger partial charge in [-0.25, -0.2) is 0 Å². The molecule has 0 aliphatic carbocycles. The minimum atomic E-state index is -0.446. The summed E-state index contributed by atoms with van der Waals surface area (Å²) in [5.74, 6) is 0.0890. The average Bonchev–Trinajstić information content (AvgIpc) is 2.90. The number of methoxy groups -OCH3 is 1. The number of carbonyl (C=O) groups excluding carboxylic acids is 2. The first-order valence-corrected chi connectivity index (χ1v) is 8.44. The third kappa shape index (κ3) is 3.89. The standard InChI is InChI=1S/C21H20N2O4/c1-13-5-8-17(9-6-13)23-21(25)18(14(2)22-23)11-16-7-10-19(26-4)20(12-16)27-15(3)24/h5-12H,1-4H3/b18-11-. The van der Waals surface area contributed by atoms with Crippen molar-refractivity contribution in [1.29, 1.82) is 0 Å². The zero-order chi connectivity index (χ0) is 19.6. The Balaban J connectivity index is 1.93. The second-order valence-electron chi connectivity index (χ2n) is 6.20. The molecule has 138 valence electrons. The number of benzene rings is 2. The highest BCUT2D eigenvalue weighted by Crippen LogP contribution is 2.30. The second kappa shape index (κ2) is 7.45. The molecule has 6 nitrogen and oxygen atoms in total. The van der Waals surface area contributed by atoms with Gasteiger partial charge >= 0.3 is 5.97 Å². The Morgan fingerprint density at radius 3 is 2.41 bits per heavy atom. The van der Waals surface area contributed by atoms with E-state index in [-0.39, 0.29) is 5.91 Å². The number of rotatable bonds is 4. The van der Waals surface area contributed by atoms with Gasteiger partial charge in [-0.1, -0.05) is 23.8 Å². The number of aryl methyl sites for hydroxylation is 1. The van der Waals surface area contributed by atoms with Crippen LogP contribution in [0.2, 0.25) is 0 Å². The van der Waals surface area contributed by atoms with Crippen molar-refractivity contribution in [2.45, 2.75) is 20.8 Å². The quantitative estimate of drug-likeness (QED) is 0.471. The maximum absolute atomic E-state index is 12.8. The molecule has 0 aromatic heterocycles. The summed E-state index contributed by atoms with van der Waals surface area (Å²) in [7, 11) is 1.50. The molecule has 0 unspecified atom stereocenters. The van der Waals surface area contributed by atoms with Crippen LogP contribution >= 0.6 is 0 Å². The summed E-state index contributed by atoms with van der Waals surface area (Å²) >= 11 is 0. The molecule has 1 amide bonds. The molecule has 1 aliphatic rings. The van der Waals surface area contributed by atoms with Crippen LogP contribution in [0.4, 0.5) is 5.69 Å². The number of hydrogen-bond donors (Lipinski definition) is 0. The Kier molecular flexibility index (Phi) is 5.07. The van der Waals surface area contributed by atoms with Crippen LogP contribution in [0.1, 0.15) is 25.0 Å². The van der Waals surface area contributed by atoms with Crippen LogP contribution in [0.15, 0.2) is 53.1 Å². The van der Waals surface area contributed by atoms with Crippen LogP contribution < -0.4 is 14.5 Å². The summed E-state index contributed by atoms with van der Waals surface area (Å²) in [5, 5.41) is 5.76. The van der Waals surface area contributed by atoms with E-state index in [9.17, 15) is 9.59 Å². The maximum Gasteiger partial charge on any atom is 0.308 e. The van der Waals surface area contributed by atoms with E-state index in [0.29, 0.717) is 34.0 Å². The summed E-state index contributed by atoms with van der Waals surface area (Å²) in [6.45, 7) is 5.09. The molecule has 1 aliphatic heterocycles. The van der Waals surface area contributed by atoms with E-state index in [4.69, 9.17) is 9.47 Å². The SMILES string of the molecule is COc1ccc(/C=C2\C(=O)N(c3ccc(C)cc3)N=C2C)cc1OC(C)=O. The highest BCUT2D eigenvalue weighted by molar-refractivity contribution is 6.32. The summed E-state index contributed by atoms with van der Waals surface area (Å²) in [4.78, 5) is 24.1. The molecular formula is C21H20N2O4. The van der Waals surface area contributed by atoms with E-state index in [1.165, 1.54) is 19.0 Å². The predicted molar refractivity (Wildman–Crippen MR) is 104 cm³/mol. The lowest BCUT2D eigenvalue weighted by atomic mass is 10.1. The van der Waals surface area contributed by atoms with Crippen molar-refractivity contribution < 1.29 is 19.1 Å². The molecule has 0 N–H and O–H groups in total. The van der Waals surface area contributed by atoms with Gasteiger partial charge in [0.25, 0.3) is 5.91 Å². The summed E-state index contributed by atoms with van der Waals surface area (Å²) < 4.78 is 10.4. The first-order chi connectivity index (χ1) is 12.9. The van der Waals surface area contributed by atoms with Crippen molar-refractivity contribution in [3.63, 3.8) is 0 Å². The fourth-order valence-electron chi connectivity index (χ4n) is 2.73. The molecule has 27 heavy (non-hydrogen) atoms. The molecule has 0 atom stereocenters. The lowest BCUT2D eigenvalue weighted by Crippen LogP contribution is -2.21. The van der Waals surface area contributed by atoms with Crippen LogP contribution in [-0.2, 0) is 9.59 Å². The van der Waals surface area contributed by atoms with E-state index < -0.39 is 5.97 Å². The van der Waals surface area contributed by atoms with Gasteiger partial charge in [0.1, 0.15) is 0 Å². The van der Waals surface area contributed by atoms with Crippen LogP contribution in [0.5, 0.6) is 11.5 Å². The Morgan fingerprint density at radius 1 is 1.07 bits per heavy atom. The lowest BCUT2D eigenvalue weighted by Gasteiger charge is -2.12. The van der Waals surface area contributed by atoms with Crippen LogP contribution in [0.3, 0.4) is 0 Å². The van der Waals surface area contributed by atoms with Crippen LogP contribution in [0.25, 0.3) is 6.08 Å². The largest absolute Gasteiger partial charge is 0.493 e. The molecule has 3 rings (SSSR count). The molecule has 0 radical (unpaired) electrons. The molecule has 0 bridgehead atoms. The summed E-state index contributed by atoms with van der Waals surface area (Å²) in [6.07, 6.45) is 1.72. The molecular weight excluding hydrogens is 344 g/mol. The van der Waals surface area contributed by atoms with Crippen molar-refractivity contribution in [3.8, 4) is 11.5 Å². The van der Waals surface area contributed by atoms with E-state index in [0.717, 1.165) is 5.56 Å². The monoisotopic (exact) mass is 364 g/mol. The Morgan fingerprint density at radius 2 is 1.78 bits per heavy atom. The highest BCUT2D eigenvalue weighted by Gasteiger charge is 2.28. The first-order valence-electron chi connectivity index (χ1n) is 8.44. The van der Waals surface area contributed by atoms with Gasteiger partial charge < -0.3 is 9.47 Å². The second-order valence-corrected chi connectivity index (χ2v) is 6.20. The Hall–Kier alpha value is -3.41. The highest BCUT2D eigenvalue weighted by atomic mass is 16.6. The van der Waals surface area contributed by atoms with Crippen molar-refractivity contribution in [2.75, 3.05) is 12.1 Å². The fourth-order valence-corrected chi connectivity index (χ4v) is 2.73. The molecule has 2 aromatic rings. The van der Waals surface area contributed by atoms with Crippen LogP contribution in [-0.4, -0.2) is 24.7 Å². The number of nitrogens with zero attached hydrogens (tertiary/aromatic N) is 2. The number of hydrogen-bond acceptors (Lipinski definition) is 5. The number of amides is 1. The van der Waals surface area contributed by atoms with Gasteiger partial charge in [-0.15, -0.1) is 0 Å². The molecule has 6 heteroatoms. The van der Waals surface area contributed by atoms with E-state index in [1.54, 1.807) is 31.2 Å². The third-order valence-corrected chi connectivity index (χ3v) is 4.09. The van der Waals surface area contributed by atoms with Crippen molar-refractivity contribution in [1.82, 2.24) is 0 Å². The average molecular weight is 364 g/mol. The number of anilines is 1. The minimum absolute atomic E-state index is 0.207. The van der Waals surface area contributed by atoms with Crippen molar-refractivity contribution in [2.24, 2.45) is 5.10 Å². The topological polar surface area (TPSA) is 68.2 Å². The van der Waals surface area contributed by atoms with Gasteiger partial charge in [-0.05, 0) is 49.8 Å². The zero-order valence-electron chi connectivity index (χ0n) is 15.6. The minimum Gasteiger partial charge on any atom is -0.493 e. The number of carbonyl (C=O) groups is 2. The van der Waals surface area contributed by atoms with Gasteiger partial charge in [-0.3, -0.25) is 9.59 Å². The maximum atomic E-state index is 12.8. The van der Waals surface area contributed by atoms with E-state index >= 15 is 0 Å². The van der Waals surface area contributed by atoms with Crippen molar-refractivity contribution in [3.05, 3.63) is 59.2 Å². The van der Waals surface area contributed by atoms with Gasteiger partial charge in [-0.2, -0.15) is 10.1 Å². The molecule has 2 aromatic carbocycles. The fraction of sp³-hybridized carbons (Fsp3) is 0.190. The third-order valence-electron chi connectivity index (χ3n) is 4.09. The molecule has 0 fully saturated rings. The van der Waals surface area contributed by atoms with Crippen molar-refractivity contribution >= 4 is 29.4 Å². The Bertz CT molecular complexity index is 959. The molecule has 0 spiro atoms. The number of hydrazone groups is 1. The molecule has 1 heterocycles. The van der Waals surface area contributed by atoms with E-state index in [1.807, 2.05) is 31.2 Å².